The molecule has 1 aliphatic heterocycles. The van der Waals surface area contributed by atoms with Crippen molar-refractivity contribution in [2.24, 2.45) is 11.7 Å². The second-order valence-corrected chi connectivity index (χ2v) is 5.26. The molecule has 2 rings (SSSR count). The first kappa shape index (κ1) is 13.8. The molecule has 0 bridgehead atoms. The van der Waals surface area contributed by atoms with Gasteiger partial charge in [-0.2, -0.15) is 0 Å². The van der Waals surface area contributed by atoms with Crippen LogP contribution in [0.5, 0.6) is 0 Å². The van der Waals surface area contributed by atoms with Gasteiger partial charge in [0.2, 0.25) is 0 Å². The number of nitrogens with one attached hydrogen (secondary N) is 1. The van der Waals surface area contributed by atoms with Gasteiger partial charge in [-0.25, -0.2) is 9.18 Å². The molecule has 3 N–H and O–H groups in total. The molecule has 0 saturated carbocycles. The molecule has 0 aliphatic carbocycles. The Kier molecular flexibility index (Phi) is 4.04. The Bertz CT molecular complexity index is 478. The fraction of sp³-hybridized carbons (Fsp3) is 0.500. The number of carbonyl (C=O) groups is 1. The van der Waals surface area contributed by atoms with E-state index in [0.29, 0.717) is 25.2 Å². The Hall–Kier alpha value is -1.62. The first-order valence-electron chi connectivity index (χ1n) is 6.52. The van der Waals surface area contributed by atoms with E-state index in [1.54, 1.807) is 24.0 Å². The minimum Gasteiger partial charge on any atom is -0.330 e. The van der Waals surface area contributed by atoms with Gasteiger partial charge in [0.1, 0.15) is 5.82 Å². The van der Waals surface area contributed by atoms with Crippen LogP contribution in [-0.2, 0) is 0 Å². The summed E-state index contributed by atoms with van der Waals surface area (Å²) in [4.78, 5) is 13.6. The van der Waals surface area contributed by atoms with E-state index in [4.69, 9.17) is 5.73 Å². The number of nitrogens with zero attached hydrogens (tertiary/aromatic N) is 1. The zero-order chi connectivity index (χ0) is 14.0. The number of benzene rings is 1. The molecule has 1 aliphatic rings. The van der Waals surface area contributed by atoms with Gasteiger partial charge in [0.05, 0.1) is 6.04 Å². The standard InChI is InChI=1S/C14H20FN3O/c1-9(6-16)7-18-8-13(17-14(18)19)11-3-4-12(15)10(2)5-11/h3-5,9,13H,6-8,16H2,1-2H3,(H,17,19). The van der Waals surface area contributed by atoms with E-state index in [9.17, 15) is 9.18 Å². The molecule has 2 atom stereocenters. The van der Waals surface area contributed by atoms with Crippen LogP contribution in [0.3, 0.4) is 0 Å². The Morgan fingerprint density at radius 2 is 2.32 bits per heavy atom. The lowest BCUT2D eigenvalue weighted by Gasteiger charge is -2.18. The average Bonchev–Trinajstić information content (AvgIpc) is 2.74. The molecule has 0 aromatic heterocycles. The number of nitrogens with two attached hydrogens (primary N) is 1. The highest BCUT2D eigenvalue weighted by Crippen LogP contribution is 2.22. The van der Waals surface area contributed by atoms with Crippen LogP contribution in [-0.4, -0.2) is 30.6 Å². The summed E-state index contributed by atoms with van der Waals surface area (Å²) >= 11 is 0. The molecular weight excluding hydrogens is 245 g/mol. The first-order valence-corrected chi connectivity index (χ1v) is 6.52. The maximum atomic E-state index is 13.2. The molecule has 19 heavy (non-hydrogen) atoms. The van der Waals surface area contributed by atoms with Gasteiger partial charge < -0.3 is 16.0 Å². The molecule has 2 unspecified atom stereocenters. The van der Waals surface area contributed by atoms with Gasteiger partial charge in [-0.3, -0.25) is 0 Å². The Balaban J connectivity index is 2.07. The molecule has 4 nitrogen and oxygen atoms in total. The van der Waals surface area contributed by atoms with Crippen molar-refractivity contribution in [3.05, 3.63) is 35.1 Å². The monoisotopic (exact) mass is 265 g/mol. The molecule has 1 heterocycles. The maximum Gasteiger partial charge on any atom is 0.318 e. The number of rotatable bonds is 4. The number of urea groups is 1. The summed E-state index contributed by atoms with van der Waals surface area (Å²) in [6.45, 7) is 5.56. The fourth-order valence-electron chi connectivity index (χ4n) is 2.27. The summed E-state index contributed by atoms with van der Waals surface area (Å²) in [6.07, 6.45) is 0. The van der Waals surface area contributed by atoms with Gasteiger partial charge in [0.15, 0.2) is 0 Å². The van der Waals surface area contributed by atoms with Crippen LogP contribution in [0.1, 0.15) is 24.1 Å². The van der Waals surface area contributed by atoms with Gasteiger partial charge in [-0.05, 0) is 36.6 Å². The molecule has 0 radical (unpaired) electrons. The SMILES string of the molecule is Cc1cc(C2CN(CC(C)CN)C(=O)N2)ccc1F. The van der Waals surface area contributed by atoms with Crippen molar-refractivity contribution in [2.75, 3.05) is 19.6 Å². The second kappa shape index (κ2) is 5.57. The van der Waals surface area contributed by atoms with E-state index in [-0.39, 0.29) is 23.8 Å². The highest BCUT2D eigenvalue weighted by Gasteiger charge is 2.30. The number of aryl methyl sites for hydroxylation is 1. The lowest BCUT2D eigenvalue weighted by molar-refractivity contribution is 0.211. The van der Waals surface area contributed by atoms with Crippen molar-refractivity contribution < 1.29 is 9.18 Å². The summed E-state index contributed by atoms with van der Waals surface area (Å²) in [5, 5.41) is 2.92. The minimum atomic E-state index is -0.221. The van der Waals surface area contributed by atoms with E-state index >= 15 is 0 Å². The van der Waals surface area contributed by atoms with Crippen molar-refractivity contribution >= 4 is 6.03 Å². The summed E-state index contributed by atoms with van der Waals surface area (Å²) in [5.41, 5.74) is 7.12. The van der Waals surface area contributed by atoms with Crippen molar-refractivity contribution in [3.63, 3.8) is 0 Å². The van der Waals surface area contributed by atoms with Gasteiger partial charge in [0.25, 0.3) is 0 Å². The molecule has 104 valence electrons. The number of amides is 2. The fourth-order valence-corrected chi connectivity index (χ4v) is 2.27. The third-order valence-electron chi connectivity index (χ3n) is 3.51. The quantitative estimate of drug-likeness (QED) is 0.872. The van der Waals surface area contributed by atoms with Crippen LogP contribution in [0.2, 0.25) is 0 Å². The number of hydrogen-bond acceptors (Lipinski definition) is 2. The number of hydrogen-bond donors (Lipinski definition) is 2. The Morgan fingerprint density at radius 3 is 2.95 bits per heavy atom. The van der Waals surface area contributed by atoms with Crippen molar-refractivity contribution in [3.8, 4) is 0 Å². The molecule has 1 aromatic carbocycles. The van der Waals surface area contributed by atoms with Crippen molar-refractivity contribution in [2.45, 2.75) is 19.9 Å². The highest BCUT2D eigenvalue weighted by molar-refractivity contribution is 5.77. The van der Waals surface area contributed by atoms with Crippen LogP contribution in [0, 0.1) is 18.7 Å². The average molecular weight is 265 g/mol. The van der Waals surface area contributed by atoms with Crippen LogP contribution in [0.4, 0.5) is 9.18 Å². The predicted octanol–water partition coefficient (Wildman–Crippen LogP) is 1.80. The molecule has 5 heteroatoms. The number of carbonyl (C=O) groups excluding carboxylic acids is 1. The highest BCUT2D eigenvalue weighted by atomic mass is 19.1. The van der Waals surface area contributed by atoms with Gasteiger partial charge >= 0.3 is 6.03 Å². The normalized spacial score (nSPS) is 20.5. The van der Waals surface area contributed by atoms with E-state index in [1.807, 2.05) is 6.92 Å². The van der Waals surface area contributed by atoms with E-state index in [0.717, 1.165) is 5.56 Å². The van der Waals surface area contributed by atoms with Gasteiger partial charge in [-0.1, -0.05) is 19.1 Å². The van der Waals surface area contributed by atoms with E-state index in [1.165, 1.54) is 6.07 Å². The summed E-state index contributed by atoms with van der Waals surface area (Å²) in [5.74, 6) is 0.0566. The van der Waals surface area contributed by atoms with Crippen LogP contribution < -0.4 is 11.1 Å². The maximum absolute atomic E-state index is 13.2. The van der Waals surface area contributed by atoms with Crippen LogP contribution in [0.25, 0.3) is 0 Å². The van der Waals surface area contributed by atoms with E-state index < -0.39 is 0 Å². The summed E-state index contributed by atoms with van der Waals surface area (Å²) < 4.78 is 13.2. The first-order chi connectivity index (χ1) is 9.01. The zero-order valence-electron chi connectivity index (χ0n) is 11.3. The van der Waals surface area contributed by atoms with Crippen LogP contribution in [0.15, 0.2) is 18.2 Å². The topological polar surface area (TPSA) is 58.4 Å². The zero-order valence-corrected chi connectivity index (χ0v) is 11.3. The lowest BCUT2D eigenvalue weighted by atomic mass is 10.0. The van der Waals surface area contributed by atoms with E-state index in [2.05, 4.69) is 5.32 Å². The Labute approximate surface area is 112 Å². The largest absolute Gasteiger partial charge is 0.330 e. The van der Waals surface area contributed by atoms with Crippen molar-refractivity contribution in [1.29, 1.82) is 0 Å². The number of halogens is 1. The smallest absolute Gasteiger partial charge is 0.318 e. The molecule has 1 fully saturated rings. The van der Waals surface area contributed by atoms with Gasteiger partial charge in [-0.15, -0.1) is 0 Å². The molecule has 1 aromatic rings. The summed E-state index contributed by atoms with van der Waals surface area (Å²) in [7, 11) is 0. The van der Waals surface area contributed by atoms with Gasteiger partial charge in [0, 0.05) is 13.1 Å². The molecule has 2 amide bonds. The van der Waals surface area contributed by atoms with Crippen LogP contribution >= 0.6 is 0 Å². The molecule has 1 saturated heterocycles. The molecular formula is C14H20FN3O. The third-order valence-corrected chi connectivity index (χ3v) is 3.51. The lowest BCUT2D eigenvalue weighted by Crippen LogP contribution is -2.34. The molecule has 0 spiro atoms. The third kappa shape index (κ3) is 3.04. The Morgan fingerprint density at radius 1 is 1.58 bits per heavy atom. The minimum absolute atomic E-state index is 0.0724. The predicted molar refractivity (Wildman–Crippen MR) is 72.2 cm³/mol. The summed E-state index contributed by atoms with van der Waals surface area (Å²) in [6, 6.07) is 4.81. The van der Waals surface area contributed by atoms with Crippen molar-refractivity contribution in [1.82, 2.24) is 10.2 Å². The second-order valence-electron chi connectivity index (χ2n) is 5.26.